The van der Waals surface area contributed by atoms with E-state index < -0.39 is 0 Å². The molecule has 2 aromatic rings. The molecule has 1 atom stereocenters. The highest BCUT2D eigenvalue weighted by Crippen LogP contribution is 2.29. The molecule has 1 nitrogen and oxygen atoms in total. The van der Waals surface area contributed by atoms with Crippen LogP contribution >= 0.6 is 11.3 Å². The molecule has 0 bridgehead atoms. The fourth-order valence-corrected chi connectivity index (χ4v) is 3.36. The summed E-state index contributed by atoms with van der Waals surface area (Å²) < 4.78 is 0. The topological polar surface area (TPSA) is 12.0 Å². The van der Waals surface area contributed by atoms with Crippen LogP contribution in [0.1, 0.15) is 41.0 Å². The first-order chi connectivity index (χ1) is 8.76. The van der Waals surface area contributed by atoms with Gasteiger partial charge in [0.15, 0.2) is 0 Å². The molecule has 2 rings (SSSR count). The van der Waals surface area contributed by atoms with Crippen LogP contribution in [0.3, 0.4) is 0 Å². The highest BCUT2D eigenvalue weighted by molar-refractivity contribution is 7.10. The zero-order valence-electron chi connectivity index (χ0n) is 11.4. The lowest BCUT2D eigenvalue weighted by Gasteiger charge is -2.17. The molecule has 1 N–H and O–H groups in total. The van der Waals surface area contributed by atoms with Gasteiger partial charge in [-0.3, -0.25) is 0 Å². The summed E-state index contributed by atoms with van der Waals surface area (Å²) in [7, 11) is 2.03. The second-order valence-corrected chi connectivity index (χ2v) is 5.63. The lowest BCUT2D eigenvalue weighted by molar-refractivity contribution is 0.699. The minimum Gasteiger partial charge on any atom is -0.309 e. The summed E-state index contributed by atoms with van der Waals surface area (Å²) in [4.78, 5) is 1.42. The first-order valence-corrected chi connectivity index (χ1v) is 7.44. The number of hydrogen-bond donors (Lipinski definition) is 1. The van der Waals surface area contributed by atoms with Gasteiger partial charge < -0.3 is 5.32 Å². The van der Waals surface area contributed by atoms with Crippen molar-refractivity contribution in [1.82, 2.24) is 5.32 Å². The molecule has 0 aliphatic heterocycles. The molecule has 0 aliphatic carbocycles. The van der Waals surface area contributed by atoms with Crippen molar-refractivity contribution in [3.63, 3.8) is 0 Å². The van der Waals surface area contributed by atoms with E-state index in [0.717, 1.165) is 0 Å². The summed E-state index contributed by atoms with van der Waals surface area (Å²) in [5.41, 5.74) is 4.15. The molecule has 0 saturated carbocycles. The molecule has 0 amide bonds. The molecular formula is C16H21NS. The molecule has 1 aromatic heterocycles. The van der Waals surface area contributed by atoms with Gasteiger partial charge in [-0.05, 0) is 48.5 Å². The van der Waals surface area contributed by atoms with E-state index in [1.807, 2.05) is 18.4 Å². The Labute approximate surface area is 114 Å². The van der Waals surface area contributed by atoms with E-state index in [-0.39, 0.29) is 0 Å². The van der Waals surface area contributed by atoms with Gasteiger partial charge in [0.2, 0.25) is 0 Å². The minimum atomic E-state index is 0.320. The van der Waals surface area contributed by atoms with Gasteiger partial charge in [-0.25, -0.2) is 0 Å². The van der Waals surface area contributed by atoms with E-state index in [9.17, 15) is 0 Å². The molecule has 0 aliphatic rings. The van der Waals surface area contributed by atoms with Gasteiger partial charge in [0.25, 0.3) is 0 Å². The third kappa shape index (κ3) is 2.82. The Morgan fingerprint density at radius 1 is 1.17 bits per heavy atom. The highest BCUT2D eigenvalue weighted by Gasteiger charge is 2.15. The fourth-order valence-electron chi connectivity index (χ4n) is 2.29. The molecule has 0 spiro atoms. The average molecular weight is 259 g/mol. The zero-order valence-corrected chi connectivity index (χ0v) is 12.2. The van der Waals surface area contributed by atoms with Crippen molar-refractivity contribution in [2.75, 3.05) is 7.05 Å². The summed E-state index contributed by atoms with van der Waals surface area (Å²) >= 11 is 1.83. The van der Waals surface area contributed by atoms with Gasteiger partial charge in [-0.2, -0.15) is 0 Å². The van der Waals surface area contributed by atoms with Crippen LogP contribution in [0.15, 0.2) is 35.7 Å². The summed E-state index contributed by atoms with van der Waals surface area (Å²) in [5, 5.41) is 5.59. The standard InChI is InChI=1S/C16H21NS/c1-4-5-13-6-8-14(9-7-13)15(17-3)16-12(2)10-11-18-16/h6-11,15,17H,4-5H2,1-3H3. The maximum atomic E-state index is 3.42. The number of hydrogen-bond acceptors (Lipinski definition) is 2. The number of benzene rings is 1. The minimum absolute atomic E-state index is 0.320. The van der Waals surface area contributed by atoms with Crippen LogP contribution in [-0.4, -0.2) is 7.05 Å². The van der Waals surface area contributed by atoms with Crippen molar-refractivity contribution < 1.29 is 0 Å². The molecule has 96 valence electrons. The molecular weight excluding hydrogens is 238 g/mol. The van der Waals surface area contributed by atoms with E-state index in [1.165, 1.54) is 34.4 Å². The Hall–Kier alpha value is -1.12. The van der Waals surface area contributed by atoms with Crippen molar-refractivity contribution in [2.45, 2.75) is 32.7 Å². The van der Waals surface area contributed by atoms with Gasteiger partial charge >= 0.3 is 0 Å². The number of rotatable bonds is 5. The van der Waals surface area contributed by atoms with Gasteiger partial charge in [-0.15, -0.1) is 11.3 Å². The highest BCUT2D eigenvalue weighted by atomic mass is 32.1. The van der Waals surface area contributed by atoms with Crippen LogP contribution in [0.25, 0.3) is 0 Å². The van der Waals surface area contributed by atoms with E-state index in [2.05, 4.69) is 54.9 Å². The smallest absolute Gasteiger partial charge is 0.0671 e. The van der Waals surface area contributed by atoms with Crippen LogP contribution in [-0.2, 0) is 6.42 Å². The molecule has 0 fully saturated rings. The molecule has 1 heterocycles. The van der Waals surface area contributed by atoms with Crippen molar-refractivity contribution in [3.05, 3.63) is 57.3 Å². The Morgan fingerprint density at radius 2 is 1.89 bits per heavy atom. The quantitative estimate of drug-likeness (QED) is 0.843. The normalized spacial score (nSPS) is 12.6. The zero-order chi connectivity index (χ0) is 13.0. The van der Waals surface area contributed by atoms with Crippen molar-refractivity contribution >= 4 is 11.3 Å². The van der Waals surface area contributed by atoms with E-state index in [0.29, 0.717) is 6.04 Å². The van der Waals surface area contributed by atoms with Crippen LogP contribution in [0.4, 0.5) is 0 Å². The Morgan fingerprint density at radius 3 is 2.39 bits per heavy atom. The molecule has 1 unspecified atom stereocenters. The van der Waals surface area contributed by atoms with Crippen LogP contribution in [0, 0.1) is 6.92 Å². The average Bonchev–Trinajstić information content (AvgIpc) is 2.79. The van der Waals surface area contributed by atoms with Gasteiger partial charge in [0, 0.05) is 4.88 Å². The van der Waals surface area contributed by atoms with E-state index >= 15 is 0 Å². The Bertz CT molecular complexity index is 484. The van der Waals surface area contributed by atoms with Gasteiger partial charge in [-0.1, -0.05) is 37.6 Å². The lowest BCUT2D eigenvalue weighted by Crippen LogP contribution is -2.17. The van der Waals surface area contributed by atoms with Gasteiger partial charge in [0.1, 0.15) is 0 Å². The predicted octanol–water partition coefficient (Wildman–Crippen LogP) is 4.32. The van der Waals surface area contributed by atoms with Crippen molar-refractivity contribution in [3.8, 4) is 0 Å². The van der Waals surface area contributed by atoms with Crippen LogP contribution < -0.4 is 5.32 Å². The first kappa shape index (κ1) is 13.3. The van der Waals surface area contributed by atoms with Crippen molar-refractivity contribution in [1.29, 1.82) is 0 Å². The van der Waals surface area contributed by atoms with Crippen molar-refractivity contribution in [2.24, 2.45) is 0 Å². The maximum Gasteiger partial charge on any atom is 0.0671 e. The molecule has 2 heteroatoms. The predicted molar refractivity (Wildman–Crippen MR) is 80.4 cm³/mol. The summed E-state index contributed by atoms with van der Waals surface area (Å²) in [6, 6.07) is 11.5. The number of nitrogens with one attached hydrogen (secondary N) is 1. The van der Waals surface area contributed by atoms with E-state index in [4.69, 9.17) is 0 Å². The molecule has 1 aromatic carbocycles. The molecule has 18 heavy (non-hydrogen) atoms. The van der Waals surface area contributed by atoms with E-state index in [1.54, 1.807) is 0 Å². The summed E-state index contributed by atoms with van der Waals surface area (Å²) in [6.45, 7) is 4.40. The third-order valence-electron chi connectivity index (χ3n) is 3.30. The lowest BCUT2D eigenvalue weighted by atomic mass is 10.0. The Balaban J connectivity index is 2.25. The second-order valence-electron chi connectivity index (χ2n) is 4.68. The molecule has 0 saturated heterocycles. The molecule has 0 radical (unpaired) electrons. The monoisotopic (exact) mass is 259 g/mol. The fraction of sp³-hybridized carbons (Fsp3) is 0.375. The number of aryl methyl sites for hydroxylation is 2. The van der Waals surface area contributed by atoms with Gasteiger partial charge in [0.05, 0.1) is 6.04 Å². The Kier molecular flexibility index (Phi) is 4.56. The first-order valence-electron chi connectivity index (χ1n) is 6.56. The maximum absolute atomic E-state index is 3.42. The van der Waals surface area contributed by atoms with Crippen LogP contribution in [0.2, 0.25) is 0 Å². The second kappa shape index (κ2) is 6.17. The third-order valence-corrected chi connectivity index (χ3v) is 4.39. The summed E-state index contributed by atoms with van der Waals surface area (Å²) in [5.74, 6) is 0. The number of thiophene rings is 1. The largest absolute Gasteiger partial charge is 0.309 e. The summed E-state index contributed by atoms with van der Waals surface area (Å²) in [6.07, 6.45) is 2.38. The SMILES string of the molecule is CCCc1ccc(C(NC)c2sccc2C)cc1. The van der Waals surface area contributed by atoms with Crippen LogP contribution in [0.5, 0.6) is 0 Å².